The molecular weight excluding hydrogens is 320 g/mol. The van der Waals surface area contributed by atoms with Crippen molar-refractivity contribution in [2.24, 2.45) is 16.6 Å². The molecule has 2 fully saturated rings. The smallest absolute Gasteiger partial charge is 0.213 e. The fourth-order valence-electron chi connectivity index (χ4n) is 3.20. The molecule has 1 saturated heterocycles. The summed E-state index contributed by atoms with van der Waals surface area (Å²) in [7, 11) is 0. The Kier molecular flexibility index (Phi) is 6.24. The van der Waals surface area contributed by atoms with Crippen molar-refractivity contribution in [2.75, 3.05) is 24.6 Å². The van der Waals surface area contributed by atoms with Crippen LogP contribution in [0.4, 0.5) is 0 Å². The number of thioether (sulfide) groups is 1. The molecule has 0 amide bonds. The van der Waals surface area contributed by atoms with Crippen molar-refractivity contribution in [2.45, 2.75) is 45.3 Å². The number of pyridine rings is 1. The summed E-state index contributed by atoms with van der Waals surface area (Å²) in [6.45, 7) is 4.88. The first kappa shape index (κ1) is 17.4. The first-order valence-electron chi connectivity index (χ1n) is 8.95. The fraction of sp³-hybridized carbons (Fsp3) is 0.667. The fourth-order valence-corrected chi connectivity index (χ4v) is 4.10. The highest BCUT2D eigenvalue weighted by atomic mass is 32.2. The van der Waals surface area contributed by atoms with E-state index in [0.29, 0.717) is 18.6 Å². The molecule has 2 aliphatic rings. The quantitative estimate of drug-likeness (QED) is 0.669. The lowest BCUT2D eigenvalue weighted by Gasteiger charge is -2.27. The number of rotatable bonds is 4. The van der Waals surface area contributed by atoms with Crippen LogP contribution in [0.5, 0.6) is 5.88 Å². The molecular formula is C18H28N4OS. The van der Waals surface area contributed by atoms with Gasteiger partial charge in [-0.15, -0.1) is 0 Å². The summed E-state index contributed by atoms with van der Waals surface area (Å²) < 4.78 is 6.06. The van der Waals surface area contributed by atoms with Crippen LogP contribution in [0.15, 0.2) is 23.3 Å². The standard InChI is InChI=1S/C18H28N4OS/c1-14-2-4-16(5-3-14)23-17-12-15(6-7-20-17)13-21-18(19)22-8-10-24-11-9-22/h6-7,12,14,16H,2-5,8-11,13H2,1H3,(H2,19,21). The first-order valence-corrected chi connectivity index (χ1v) is 10.1. The van der Waals surface area contributed by atoms with E-state index in [0.717, 1.165) is 54.8 Å². The zero-order chi connectivity index (χ0) is 16.8. The third-order valence-electron chi connectivity index (χ3n) is 4.81. The summed E-state index contributed by atoms with van der Waals surface area (Å²) in [5, 5.41) is 0. The van der Waals surface area contributed by atoms with E-state index in [-0.39, 0.29) is 0 Å². The Hall–Kier alpha value is -1.43. The first-order chi connectivity index (χ1) is 11.7. The van der Waals surface area contributed by atoms with Crippen LogP contribution in [-0.2, 0) is 6.54 Å². The van der Waals surface area contributed by atoms with E-state index in [2.05, 4.69) is 21.8 Å². The Bertz CT molecular complexity index is 552. The summed E-state index contributed by atoms with van der Waals surface area (Å²) in [6, 6.07) is 3.99. The number of hydrogen-bond acceptors (Lipinski definition) is 4. The van der Waals surface area contributed by atoms with Crippen molar-refractivity contribution in [3.63, 3.8) is 0 Å². The molecule has 2 heterocycles. The van der Waals surface area contributed by atoms with Gasteiger partial charge in [0.2, 0.25) is 5.88 Å². The van der Waals surface area contributed by atoms with Gasteiger partial charge in [0, 0.05) is 36.9 Å². The van der Waals surface area contributed by atoms with Gasteiger partial charge in [-0.3, -0.25) is 0 Å². The minimum Gasteiger partial charge on any atom is -0.474 e. The lowest BCUT2D eigenvalue weighted by atomic mass is 9.89. The molecule has 0 aromatic carbocycles. The second-order valence-electron chi connectivity index (χ2n) is 6.78. The molecule has 2 N–H and O–H groups in total. The molecule has 0 radical (unpaired) electrons. The number of aliphatic imine (C=N–C) groups is 1. The topological polar surface area (TPSA) is 63.7 Å². The molecule has 6 heteroatoms. The molecule has 0 atom stereocenters. The predicted molar refractivity (Wildman–Crippen MR) is 101 cm³/mol. The molecule has 1 saturated carbocycles. The average molecular weight is 349 g/mol. The van der Waals surface area contributed by atoms with E-state index < -0.39 is 0 Å². The summed E-state index contributed by atoms with van der Waals surface area (Å²) in [4.78, 5) is 11.1. The molecule has 0 bridgehead atoms. The third-order valence-corrected chi connectivity index (χ3v) is 5.75. The molecule has 24 heavy (non-hydrogen) atoms. The molecule has 3 rings (SSSR count). The zero-order valence-electron chi connectivity index (χ0n) is 14.5. The van der Waals surface area contributed by atoms with Crippen molar-refractivity contribution in [1.82, 2.24) is 9.88 Å². The molecule has 132 valence electrons. The van der Waals surface area contributed by atoms with Gasteiger partial charge >= 0.3 is 0 Å². The Balaban J connectivity index is 1.54. The van der Waals surface area contributed by atoms with Crippen LogP contribution >= 0.6 is 11.8 Å². The maximum absolute atomic E-state index is 6.12. The Morgan fingerprint density at radius 1 is 1.33 bits per heavy atom. The molecule has 0 spiro atoms. The van der Waals surface area contributed by atoms with Crippen LogP contribution in [0, 0.1) is 5.92 Å². The second kappa shape index (κ2) is 8.60. The van der Waals surface area contributed by atoms with Gasteiger partial charge in [-0.2, -0.15) is 11.8 Å². The highest BCUT2D eigenvalue weighted by Gasteiger charge is 2.20. The van der Waals surface area contributed by atoms with E-state index in [1.165, 1.54) is 12.8 Å². The van der Waals surface area contributed by atoms with Gasteiger partial charge in [-0.1, -0.05) is 6.92 Å². The summed E-state index contributed by atoms with van der Waals surface area (Å²) >= 11 is 1.97. The van der Waals surface area contributed by atoms with Gasteiger partial charge in [-0.25, -0.2) is 9.98 Å². The second-order valence-corrected chi connectivity index (χ2v) is 8.00. The molecule has 1 aromatic heterocycles. The van der Waals surface area contributed by atoms with Gasteiger partial charge < -0.3 is 15.4 Å². The van der Waals surface area contributed by atoms with Crippen LogP contribution in [0.3, 0.4) is 0 Å². The van der Waals surface area contributed by atoms with Crippen molar-refractivity contribution in [3.8, 4) is 5.88 Å². The van der Waals surface area contributed by atoms with Gasteiger partial charge in [0.05, 0.1) is 6.54 Å². The van der Waals surface area contributed by atoms with Gasteiger partial charge in [-0.05, 0) is 43.2 Å². The Labute approximate surface area is 149 Å². The average Bonchev–Trinajstić information content (AvgIpc) is 2.63. The highest BCUT2D eigenvalue weighted by molar-refractivity contribution is 7.99. The number of guanidine groups is 1. The molecule has 1 aliphatic carbocycles. The largest absolute Gasteiger partial charge is 0.474 e. The number of nitrogens with zero attached hydrogens (tertiary/aromatic N) is 3. The summed E-state index contributed by atoms with van der Waals surface area (Å²) in [5.74, 6) is 4.45. The minimum atomic E-state index is 0.309. The Morgan fingerprint density at radius 3 is 2.83 bits per heavy atom. The van der Waals surface area contributed by atoms with E-state index in [9.17, 15) is 0 Å². The van der Waals surface area contributed by atoms with Gasteiger partial charge in [0.1, 0.15) is 6.10 Å². The van der Waals surface area contributed by atoms with Crippen LogP contribution < -0.4 is 10.5 Å². The van der Waals surface area contributed by atoms with Gasteiger partial charge in [0.15, 0.2) is 5.96 Å². The summed E-state index contributed by atoms with van der Waals surface area (Å²) in [5.41, 5.74) is 7.21. The van der Waals surface area contributed by atoms with E-state index in [1.54, 1.807) is 6.20 Å². The minimum absolute atomic E-state index is 0.309. The van der Waals surface area contributed by atoms with Gasteiger partial charge in [0.25, 0.3) is 0 Å². The lowest BCUT2D eigenvalue weighted by Crippen LogP contribution is -2.42. The number of ether oxygens (including phenoxy) is 1. The number of aromatic nitrogens is 1. The predicted octanol–water partition coefficient (Wildman–Crippen LogP) is 2.90. The van der Waals surface area contributed by atoms with E-state index in [4.69, 9.17) is 10.5 Å². The monoisotopic (exact) mass is 348 g/mol. The maximum atomic E-state index is 6.12. The van der Waals surface area contributed by atoms with E-state index in [1.807, 2.05) is 23.9 Å². The highest BCUT2D eigenvalue weighted by Crippen LogP contribution is 2.26. The van der Waals surface area contributed by atoms with Crippen molar-refractivity contribution < 1.29 is 4.74 Å². The molecule has 1 aromatic rings. The van der Waals surface area contributed by atoms with Crippen LogP contribution in [0.2, 0.25) is 0 Å². The number of nitrogens with two attached hydrogens (primary N) is 1. The van der Waals surface area contributed by atoms with Crippen molar-refractivity contribution >= 4 is 17.7 Å². The summed E-state index contributed by atoms with van der Waals surface area (Å²) in [6.07, 6.45) is 6.87. The maximum Gasteiger partial charge on any atom is 0.213 e. The normalized spacial score (nSPS) is 25.5. The van der Waals surface area contributed by atoms with Crippen LogP contribution in [-0.4, -0.2) is 46.5 Å². The Morgan fingerprint density at radius 2 is 2.08 bits per heavy atom. The van der Waals surface area contributed by atoms with Crippen LogP contribution in [0.1, 0.15) is 38.2 Å². The number of hydrogen-bond donors (Lipinski definition) is 1. The lowest BCUT2D eigenvalue weighted by molar-refractivity contribution is 0.130. The third kappa shape index (κ3) is 5.03. The molecule has 5 nitrogen and oxygen atoms in total. The SMILES string of the molecule is CC1CCC(Oc2cc(CN=C(N)N3CCSCC3)ccn2)CC1. The van der Waals surface area contributed by atoms with Crippen LogP contribution in [0.25, 0.3) is 0 Å². The van der Waals surface area contributed by atoms with E-state index >= 15 is 0 Å². The molecule has 1 aliphatic heterocycles. The van der Waals surface area contributed by atoms with Crippen molar-refractivity contribution in [1.29, 1.82) is 0 Å². The zero-order valence-corrected chi connectivity index (χ0v) is 15.3. The molecule has 0 unspecified atom stereocenters. The van der Waals surface area contributed by atoms with Crippen molar-refractivity contribution in [3.05, 3.63) is 23.9 Å².